The molecule has 0 fully saturated rings. The molecule has 1 unspecified atom stereocenters. The predicted octanol–water partition coefficient (Wildman–Crippen LogP) is 4.11. The van der Waals surface area contributed by atoms with E-state index in [1.54, 1.807) is 0 Å². The predicted molar refractivity (Wildman–Crippen MR) is 71.7 cm³/mol. The lowest BCUT2D eigenvalue weighted by Gasteiger charge is -2.21. The van der Waals surface area contributed by atoms with Gasteiger partial charge in [-0.25, -0.2) is 0 Å². The van der Waals surface area contributed by atoms with Crippen molar-refractivity contribution in [2.24, 2.45) is 5.92 Å². The van der Waals surface area contributed by atoms with E-state index in [9.17, 15) is 0 Å². The maximum Gasteiger partial charge on any atom is 0.127 e. The molecule has 0 amide bonds. The van der Waals surface area contributed by atoms with E-state index in [0.717, 1.165) is 12.4 Å². The highest BCUT2D eigenvalue weighted by atomic mass is 16.5. The third-order valence-electron chi connectivity index (χ3n) is 3.76. The highest BCUT2D eigenvalue weighted by Crippen LogP contribution is 2.34. The van der Waals surface area contributed by atoms with Crippen molar-refractivity contribution in [1.29, 1.82) is 0 Å². The number of ether oxygens (including phenoxy) is 1. The molecule has 1 heterocycles. The van der Waals surface area contributed by atoms with Crippen LogP contribution in [0.5, 0.6) is 5.75 Å². The van der Waals surface area contributed by atoms with Gasteiger partial charge >= 0.3 is 0 Å². The summed E-state index contributed by atoms with van der Waals surface area (Å²) >= 11 is 0. The van der Waals surface area contributed by atoms with Gasteiger partial charge in [-0.05, 0) is 48.3 Å². The number of rotatable bonds is 0. The summed E-state index contributed by atoms with van der Waals surface area (Å²) in [6.07, 6.45) is 2.39. The van der Waals surface area contributed by atoms with Crippen LogP contribution >= 0.6 is 0 Å². The van der Waals surface area contributed by atoms with Crippen molar-refractivity contribution in [3.63, 3.8) is 0 Å². The minimum Gasteiger partial charge on any atom is -0.493 e. The van der Waals surface area contributed by atoms with Crippen LogP contribution in [0.2, 0.25) is 0 Å². The van der Waals surface area contributed by atoms with Crippen molar-refractivity contribution in [2.75, 3.05) is 6.61 Å². The Morgan fingerprint density at radius 3 is 2.94 bits per heavy atom. The zero-order chi connectivity index (χ0) is 11.8. The van der Waals surface area contributed by atoms with Gasteiger partial charge in [0.1, 0.15) is 5.75 Å². The Morgan fingerprint density at radius 1 is 1.18 bits per heavy atom. The second-order valence-electron chi connectivity index (χ2n) is 5.17. The van der Waals surface area contributed by atoms with Gasteiger partial charge in [-0.3, -0.25) is 0 Å². The maximum atomic E-state index is 5.97. The van der Waals surface area contributed by atoms with E-state index in [1.165, 1.54) is 34.7 Å². The highest BCUT2D eigenvalue weighted by Gasteiger charge is 2.15. The van der Waals surface area contributed by atoms with E-state index in [1.807, 2.05) is 0 Å². The minimum absolute atomic E-state index is 0.637. The Morgan fingerprint density at radius 2 is 2.06 bits per heavy atom. The van der Waals surface area contributed by atoms with Gasteiger partial charge in [-0.15, -0.1) is 0 Å². The average molecular weight is 226 g/mol. The summed E-state index contributed by atoms with van der Waals surface area (Å²) < 4.78 is 5.97. The second-order valence-corrected chi connectivity index (χ2v) is 5.17. The number of hydrogen-bond acceptors (Lipinski definition) is 1. The van der Waals surface area contributed by atoms with Gasteiger partial charge in [-0.1, -0.05) is 31.2 Å². The first-order valence-electron chi connectivity index (χ1n) is 6.39. The van der Waals surface area contributed by atoms with Crippen LogP contribution in [0.1, 0.15) is 24.5 Å². The molecule has 1 aliphatic rings. The van der Waals surface area contributed by atoms with Gasteiger partial charge in [0.05, 0.1) is 6.61 Å². The number of benzene rings is 2. The lowest BCUT2D eigenvalue weighted by atomic mass is 9.92. The summed E-state index contributed by atoms with van der Waals surface area (Å²) in [6.45, 7) is 5.31. The number of aryl methyl sites for hydroxylation is 2. The zero-order valence-electron chi connectivity index (χ0n) is 10.5. The van der Waals surface area contributed by atoms with Gasteiger partial charge in [0, 0.05) is 5.39 Å². The minimum atomic E-state index is 0.637. The molecule has 0 aliphatic carbocycles. The van der Waals surface area contributed by atoms with Crippen molar-refractivity contribution >= 4 is 10.8 Å². The topological polar surface area (TPSA) is 9.23 Å². The molecule has 0 radical (unpaired) electrons. The van der Waals surface area contributed by atoms with Crippen LogP contribution in [0.25, 0.3) is 10.8 Å². The molecular formula is C16H18O. The molecule has 0 aromatic heterocycles. The van der Waals surface area contributed by atoms with Crippen LogP contribution in [-0.2, 0) is 6.42 Å². The van der Waals surface area contributed by atoms with Gasteiger partial charge in [0.25, 0.3) is 0 Å². The van der Waals surface area contributed by atoms with Crippen molar-refractivity contribution in [2.45, 2.75) is 26.7 Å². The molecular weight excluding hydrogens is 208 g/mol. The fourth-order valence-corrected chi connectivity index (χ4v) is 2.67. The van der Waals surface area contributed by atoms with E-state index in [4.69, 9.17) is 4.74 Å². The van der Waals surface area contributed by atoms with E-state index in [0.29, 0.717) is 5.92 Å². The SMILES string of the molecule is Cc1ccc2cccc3c2c1CCC(C)CO3. The molecule has 88 valence electrons. The Labute approximate surface area is 102 Å². The molecule has 1 heteroatoms. The maximum absolute atomic E-state index is 5.97. The van der Waals surface area contributed by atoms with E-state index in [2.05, 4.69) is 44.2 Å². The molecule has 0 saturated heterocycles. The van der Waals surface area contributed by atoms with Crippen LogP contribution in [0.4, 0.5) is 0 Å². The average Bonchev–Trinajstić information content (AvgIpc) is 2.32. The summed E-state index contributed by atoms with van der Waals surface area (Å²) in [5, 5.41) is 2.64. The standard InChI is InChI=1S/C16H18O/c1-11-6-9-14-12(2)7-8-13-4-3-5-15(16(13)14)17-10-11/h3-5,7-8,11H,6,9-10H2,1-2H3. The fourth-order valence-electron chi connectivity index (χ4n) is 2.67. The Bertz CT molecular complexity index is 557. The van der Waals surface area contributed by atoms with Crippen LogP contribution in [0, 0.1) is 12.8 Å². The normalized spacial score (nSPS) is 19.5. The summed E-state index contributed by atoms with van der Waals surface area (Å²) in [5.74, 6) is 1.70. The van der Waals surface area contributed by atoms with Crippen molar-refractivity contribution in [3.05, 3.63) is 41.5 Å². The van der Waals surface area contributed by atoms with E-state index in [-0.39, 0.29) is 0 Å². The molecule has 0 bridgehead atoms. The monoisotopic (exact) mass is 226 g/mol. The molecule has 2 aromatic rings. The van der Waals surface area contributed by atoms with E-state index < -0.39 is 0 Å². The van der Waals surface area contributed by atoms with Crippen LogP contribution in [0.3, 0.4) is 0 Å². The second kappa shape index (κ2) is 4.06. The molecule has 0 N–H and O–H groups in total. The first-order valence-corrected chi connectivity index (χ1v) is 6.39. The smallest absolute Gasteiger partial charge is 0.127 e. The molecule has 1 nitrogen and oxygen atoms in total. The number of hydrogen-bond donors (Lipinski definition) is 0. The third kappa shape index (κ3) is 1.80. The van der Waals surface area contributed by atoms with E-state index >= 15 is 0 Å². The lowest BCUT2D eigenvalue weighted by Crippen LogP contribution is -2.13. The summed E-state index contributed by atoms with van der Waals surface area (Å²) in [5.41, 5.74) is 2.87. The Balaban J connectivity index is 2.29. The van der Waals surface area contributed by atoms with Crippen LogP contribution in [-0.4, -0.2) is 6.61 Å². The molecule has 0 spiro atoms. The first-order chi connectivity index (χ1) is 8.25. The quantitative estimate of drug-likeness (QED) is 0.657. The molecule has 0 saturated carbocycles. The summed E-state index contributed by atoms with van der Waals surface area (Å²) in [6, 6.07) is 10.8. The van der Waals surface area contributed by atoms with Crippen molar-refractivity contribution < 1.29 is 4.74 Å². The molecule has 17 heavy (non-hydrogen) atoms. The molecule has 1 aliphatic heterocycles. The largest absolute Gasteiger partial charge is 0.493 e. The Kier molecular flexibility index (Phi) is 2.54. The molecule has 2 aromatic carbocycles. The summed E-state index contributed by atoms with van der Waals surface area (Å²) in [4.78, 5) is 0. The van der Waals surface area contributed by atoms with Crippen molar-refractivity contribution in [1.82, 2.24) is 0 Å². The fraction of sp³-hybridized carbons (Fsp3) is 0.375. The van der Waals surface area contributed by atoms with Gasteiger partial charge in [-0.2, -0.15) is 0 Å². The van der Waals surface area contributed by atoms with Crippen molar-refractivity contribution in [3.8, 4) is 5.75 Å². The van der Waals surface area contributed by atoms with Gasteiger partial charge < -0.3 is 4.74 Å². The Hall–Kier alpha value is -1.50. The first kappa shape index (κ1) is 10.6. The van der Waals surface area contributed by atoms with Gasteiger partial charge in [0.15, 0.2) is 0 Å². The van der Waals surface area contributed by atoms with Crippen LogP contribution < -0.4 is 4.74 Å². The lowest BCUT2D eigenvalue weighted by molar-refractivity contribution is 0.252. The van der Waals surface area contributed by atoms with Crippen LogP contribution in [0.15, 0.2) is 30.3 Å². The highest BCUT2D eigenvalue weighted by molar-refractivity contribution is 5.92. The third-order valence-corrected chi connectivity index (χ3v) is 3.76. The zero-order valence-corrected chi connectivity index (χ0v) is 10.5. The van der Waals surface area contributed by atoms with Gasteiger partial charge in [0.2, 0.25) is 0 Å². The molecule has 3 rings (SSSR count). The summed E-state index contributed by atoms with van der Waals surface area (Å²) in [7, 11) is 0. The molecule has 1 atom stereocenters.